The molecule has 0 saturated carbocycles. The van der Waals surface area contributed by atoms with Gasteiger partial charge >= 0.3 is 0 Å². The van der Waals surface area contributed by atoms with Crippen LogP contribution < -0.4 is 10.5 Å². The first-order valence-electron chi connectivity index (χ1n) is 5.89. The first-order valence-corrected chi connectivity index (χ1v) is 6.68. The molecule has 1 rings (SSSR count). The number of rotatable bonds is 7. The minimum atomic E-state index is 0.561. The standard InChI is InChI=1S/C14H20BrNO/c1-11(2)10-17-14-7-6-12(9-13(14)15)5-3-4-8-16/h6-7,9H,1,3-5,8,10,16H2,2H3. The van der Waals surface area contributed by atoms with Gasteiger partial charge in [-0.2, -0.15) is 0 Å². The molecule has 0 amide bonds. The summed E-state index contributed by atoms with van der Waals surface area (Å²) in [7, 11) is 0. The average molecular weight is 298 g/mol. The van der Waals surface area contributed by atoms with Crippen molar-refractivity contribution in [1.82, 2.24) is 0 Å². The predicted octanol–water partition coefficient (Wildman–Crippen LogP) is 3.69. The molecule has 0 bridgehead atoms. The quantitative estimate of drug-likeness (QED) is 0.615. The van der Waals surface area contributed by atoms with E-state index in [0.29, 0.717) is 6.61 Å². The zero-order chi connectivity index (χ0) is 12.7. The van der Waals surface area contributed by atoms with Crippen molar-refractivity contribution in [3.63, 3.8) is 0 Å². The first-order chi connectivity index (χ1) is 8.13. The molecule has 3 heteroatoms. The highest BCUT2D eigenvalue weighted by atomic mass is 79.9. The minimum Gasteiger partial charge on any atom is -0.488 e. The maximum Gasteiger partial charge on any atom is 0.133 e. The lowest BCUT2D eigenvalue weighted by Crippen LogP contribution is -2.00. The van der Waals surface area contributed by atoms with Crippen LogP contribution in [0.2, 0.25) is 0 Å². The van der Waals surface area contributed by atoms with E-state index >= 15 is 0 Å². The van der Waals surface area contributed by atoms with Crippen molar-refractivity contribution in [3.8, 4) is 5.75 Å². The van der Waals surface area contributed by atoms with Gasteiger partial charge in [-0.3, -0.25) is 0 Å². The average Bonchev–Trinajstić information content (AvgIpc) is 2.28. The van der Waals surface area contributed by atoms with E-state index in [0.717, 1.165) is 41.6 Å². The van der Waals surface area contributed by atoms with Crippen LogP contribution in [0, 0.1) is 0 Å². The van der Waals surface area contributed by atoms with Crippen LogP contribution in [0.5, 0.6) is 5.75 Å². The second-order valence-corrected chi connectivity index (χ2v) is 5.11. The van der Waals surface area contributed by atoms with Crippen molar-refractivity contribution in [2.75, 3.05) is 13.2 Å². The van der Waals surface area contributed by atoms with Crippen LogP contribution in [0.15, 0.2) is 34.8 Å². The number of hydrogen-bond donors (Lipinski definition) is 1. The number of nitrogens with two attached hydrogens (primary N) is 1. The summed E-state index contributed by atoms with van der Waals surface area (Å²) in [4.78, 5) is 0. The third-order valence-corrected chi connectivity index (χ3v) is 3.01. The van der Waals surface area contributed by atoms with Crippen LogP contribution >= 0.6 is 15.9 Å². The van der Waals surface area contributed by atoms with Crippen molar-refractivity contribution >= 4 is 15.9 Å². The van der Waals surface area contributed by atoms with E-state index in [1.807, 2.05) is 13.0 Å². The SMILES string of the molecule is C=C(C)COc1ccc(CCCCN)cc1Br. The molecular weight excluding hydrogens is 278 g/mol. The smallest absolute Gasteiger partial charge is 0.133 e. The third-order valence-electron chi connectivity index (χ3n) is 2.39. The van der Waals surface area contributed by atoms with Crippen molar-refractivity contribution in [2.45, 2.75) is 26.2 Å². The number of benzene rings is 1. The molecule has 0 heterocycles. The van der Waals surface area contributed by atoms with Gasteiger partial charge in [0.1, 0.15) is 12.4 Å². The summed E-state index contributed by atoms with van der Waals surface area (Å²) in [5.41, 5.74) is 7.81. The molecule has 0 radical (unpaired) electrons. The van der Waals surface area contributed by atoms with Gasteiger partial charge in [0.05, 0.1) is 4.47 Å². The molecule has 17 heavy (non-hydrogen) atoms. The summed E-state index contributed by atoms with van der Waals surface area (Å²) in [5, 5.41) is 0. The topological polar surface area (TPSA) is 35.2 Å². The Morgan fingerprint density at radius 1 is 1.41 bits per heavy atom. The summed E-state index contributed by atoms with van der Waals surface area (Å²) < 4.78 is 6.62. The Morgan fingerprint density at radius 2 is 2.18 bits per heavy atom. The van der Waals surface area contributed by atoms with Crippen molar-refractivity contribution < 1.29 is 4.74 Å². The van der Waals surface area contributed by atoms with Crippen LogP contribution in [-0.4, -0.2) is 13.2 Å². The molecule has 0 aliphatic heterocycles. The van der Waals surface area contributed by atoms with E-state index in [9.17, 15) is 0 Å². The number of unbranched alkanes of at least 4 members (excludes halogenated alkanes) is 1. The van der Waals surface area contributed by atoms with Gasteiger partial charge in [-0.1, -0.05) is 12.6 Å². The first kappa shape index (κ1) is 14.3. The Morgan fingerprint density at radius 3 is 2.76 bits per heavy atom. The number of hydrogen-bond acceptors (Lipinski definition) is 2. The second-order valence-electron chi connectivity index (χ2n) is 4.26. The highest BCUT2D eigenvalue weighted by Crippen LogP contribution is 2.26. The number of aryl methyl sites for hydroxylation is 1. The van der Waals surface area contributed by atoms with Gasteiger partial charge in [-0.15, -0.1) is 0 Å². The Bertz CT molecular complexity index is 376. The zero-order valence-electron chi connectivity index (χ0n) is 10.3. The number of halogens is 1. The van der Waals surface area contributed by atoms with E-state index in [2.05, 4.69) is 34.6 Å². The fraction of sp³-hybridized carbons (Fsp3) is 0.429. The molecule has 1 aromatic carbocycles. The fourth-order valence-corrected chi connectivity index (χ4v) is 2.03. The molecule has 0 fully saturated rings. The van der Waals surface area contributed by atoms with Gasteiger partial charge in [0.15, 0.2) is 0 Å². The van der Waals surface area contributed by atoms with Crippen LogP contribution in [0.3, 0.4) is 0 Å². The van der Waals surface area contributed by atoms with E-state index in [4.69, 9.17) is 10.5 Å². The number of ether oxygens (including phenoxy) is 1. The fourth-order valence-electron chi connectivity index (χ4n) is 1.49. The van der Waals surface area contributed by atoms with E-state index in [1.54, 1.807) is 0 Å². The van der Waals surface area contributed by atoms with Gasteiger partial charge < -0.3 is 10.5 Å². The van der Waals surface area contributed by atoms with Gasteiger partial charge in [0, 0.05) is 0 Å². The van der Waals surface area contributed by atoms with Crippen LogP contribution in [0.4, 0.5) is 0 Å². The Hall–Kier alpha value is -0.800. The van der Waals surface area contributed by atoms with Crippen molar-refractivity contribution in [3.05, 3.63) is 40.4 Å². The molecule has 2 N–H and O–H groups in total. The Kier molecular flexibility index (Phi) is 6.30. The van der Waals surface area contributed by atoms with Gasteiger partial charge in [-0.05, 0) is 71.9 Å². The van der Waals surface area contributed by atoms with Gasteiger partial charge in [0.25, 0.3) is 0 Å². The maximum absolute atomic E-state index is 5.61. The molecule has 1 aromatic rings. The molecule has 2 nitrogen and oxygen atoms in total. The Balaban J connectivity index is 2.56. The molecule has 0 aliphatic carbocycles. The van der Waals surface area contributed by atoms with Crippen LogP contribution in [0.25, 0.3) is 0 Å². The highest BCUT2D eigenvalue weighted by Gasteiger charge is 2.02. The molecular formula is C14H20BrNO. The van der Waals surface area contributed by atoms with Crippen molar-refractivity contribution in [1.29, 1.82) is 0 Å². The summed E-state index contributed by atoms with van der Waals surface area (Å²) in [6.45, 7) is 7.09. The monoisotopic (exact) mass is 297 g/mol. The van der Waals surface area contributed by atoms with Crippen LogP contribution in [0.1, 0.15) is 25.3 Å². The molecule has 0 unspecified atom stereocenters. The molecule has 0 aliphatic rings. The second kappa shape index (κ2) is 7.51. The lowest BCUT2D eigenvalue weighted by molar-refractivity contribution is 0.350. The minimum absolute atomic E-state index is 0.561. The summed E-state index contributed by atoms with van der Waals surface area (Å²) >= 11 is 3.53. The summed E-state index contributed by atoms with van der Waals surface area (Å²) in [6.07, 6.45) is 3.27. The Labute approximate surface area is 112 Å². The molecule has 0 aromatic heterocycles. The molecule has 0 spiro atoms. The molecule has 0 atom stereocenters. The predicted molar refractivity (Wildman–Crippen MR) is 76.4 cm³/mol. The van der Waals surface area contributed by atoms with E-state index in [1.165, 1.54) is 5.56 Å². The van der Waals surface area contributed by atoms with E-state index < -0.39 is 0 Å². The van der Waals surface area contributed by atoms with Gasteiger partial charge in [-0.25, -0.2) is 0 Å². The third kappa shape index (κ3) is 5.37. The van der Waals surface area contributed by atoms with Crippen LogP contribution in [-0.2, 0) is 6.42 Å². The molecule has 0 saturated heterocycles. The van der Waals surface area contributed by atoms with Crippen molar-refractivity contribution in [2.24, 2.45) is 5.73 Å². The lowest BCUT2D eigenvalue weighted by atomic mass is 10.1. The lowest BCUT2D eigenvalue weighted by Gasteiger charge is -2.09. The largest absolute Gasteiger partial charge is 0.488 e. The summed E-state index contributed by atoms with van der Waals surface area (Å²) in [5.74, 6) is 0.871. The van der Waals surface area contributed by atoms with E-state index in [-0.39, 0.29) is 0 Å². The zero-order valence-corrected chi connectivity index (χ0v) is 11.9. The van der Waals surface area contributed by atoms with Gasteiger partial charge in [0.2, 0.25) is 0 Å². The normalized spacial score (nSPS) is 10.3. The molecule has 94 valence electrons. The summed E-state index contributed by atoms with van der Waals surface area (Å²) in [6, 6.07) is 6.23. The highest BCUT2D eigenvalue weighted by molar-refractivity contribution is 9.10. The maximum atomic E-state index is 5.61.